The van der Waals surface area contributed by atoms with Crippen molar-refractivity contribution >= 4 is 11.6 Å². The fourth-order valence-corrected chi connectivity index (χ4v) is 2.51. The van der Waals surface area contributed by atoms with E-state index in [1.165, 1.54) is 6.07 Å². The first-order valence-electron chi connectivity index (χ1n) is 6.68. The molecule has 1 atom stereocenters. The molecule has 0 radical (unpaired) electrons. The lowest BCUT2D eigenvalue weighted by Crippen LogP contribution is -2.29. The van der Waals surface area contributed by atoms with Gasteiger partial charge in [0.25, 0.3) is 5.69 Å². The number of para-hydroxylation sites is 1. The molecule has 1 unspecified atom stereocenters. The number of hydrogen-bond acceptors (Lipinski definition) is 3. The van der Waals surface area contributed by atoms with Crippen LogP contribution >= 0.6 is 0 Å². The fourth-order valence-electron chi connectivity index (χ4n) is 2.51. The predicted octanol–water partition coefficient (Wildman–Crippen LogP) is 2.44. The highest BCUT2D eigenvalue weighted by Crippen LogP contribution is 2.23. The van der Waals surface area contributed by atoms with Crippen molar-refractivity contribution in [3.05, 3.63) is 39.9 Å². The molecule has 1 N–H and O–H groups in total. The van der Waals surface area contributed by atoms with Crippen LogP contribution in [0.5, 0.6) is 0 Å². The van der Waals surface area contributed by atoms with E-state index in [4.69, 9.17) is 0 Å². The van der Waals surface area contributed by atoms with Crippen molar-refractivity contribution in [2.75, 3.05) is 6.54 Å². The van der Waals surface area contributed by atoms with E-state index in [1.807, 2.05) is 0 Å². The quantitative estimate of drug-likeness (QED) is 0.669. The number of carbonyl (C=O) groups excluding carboxylic acids is 1. The number of amides is 1. The van der Waals surface area contributed by atoms with Crippen LogP contribution in [0.15, 0.2) is 24.3 Å². The Morgan fingerprint density at radius 3 is 2.89 bits per heavy atom. The fraction of sp³-hybridized carbons (Fsp3) is 0.500. The molecule has 0 saturated carbocycles. The smallest absolute Gasteiger partial charge is 0.272 e. The first kappa shape index (κ1) is 13.5. The zero-order valence-corrected chi connectivity index (χ0v) is 10.8. The molecule has 1 aliphatic rings. The third kappa shape index (κ3) is 3.53. The highest BCUT2D eigenvalue weighted by Gasteiger charge is 2.21. The lowest BCUT2D eigenvalue weighted by molar-refractivity contribution is -0.385. The number of benzene rings is 1. The van der Waals surface area contributed by atoms with Crippen LogP contribution in [0.1, 0.15) is 31.2 Å². The van der Waals surface area contributed by atoms with Crippen molar-refractivity contribution in [1.29, 1.82) is 0 Å². The topological polar surface area (TPSA) is 72.2 Å². The zero-order valence-electron chi connectivity index (χ0n) is 10.8. The van der Waals surface area contributed by atoms with Crippen LogP contribution in [0, 0.1) is 16.0 Å². The summed E-state index contributed by atoms with van der Waals surface area (Å²) in [7, 11) is 0. The van der Waals surface area contributed by atoms with E-state index in [0.717, 1.165) is 25.8 Å². The van der Waals surface area contributed by atoms with Crippen molar-refractivity contribution in [2.24, 2.45) is 5.92 Å². The van der Waals surface area contributed by atoms with E-state index in [2.05, 4.69) is 5.32 Å². The van der Waals surface area contributed by atoms with Gasteiger partial charge in [0.2, 0.25) is 5.91 Å². The van der Waals surface area contributed by atoms with Crippen LogP contribution in [0.2, 0.25) is 0 Å². The molecule has 102 valence electrons. The van der Waals surface area contributed by atoms with Crippen LogP contribution in [-0.4, -0.2) is 17.4 Å². The molecule has 19 heavy (non-hydrogen) atoms. The Hall–Kier alpha value is -1.91. The van der Waals surface area contributed by atoms with Crippen LogP contribution < -0.4 is 5.32 Å². The molecule has 2 rings (SSSR count). The van der Waals surface area contributed by atoms with Gasteiger partial charge in [-0.25, -0.2) is 0 Å². The van der Waals surface area contributed by atoms with E-state index < -0.39 is 0 Å². The Morgan fingerprint density at radius 2 is 2.11 bits per heavy atom. The molecule has 5 heteroatoms. The molecule has 1 aliphatic heterocycles. The van der Waals surface area contributed by atoms with Crippen LogP contribution in [0.3, 0.4) is 0 Å². The summed E-state index contributed by atoms with van der Waals surface area (Å²) in [6, 6.07) is 6.75. The molecule has 1 fully saturated rings. The Bertz CT molecular complexity index is 474. The molecule has 0 spiro atoms. The average Bonchev–Trinajstić information content (AvgIpc) is 2.61. The van der Waals surface area contributed by atoms with E-state index in [1.54, 1.807) is 18.2 Å². The first-order chi connectivity index (χ1) is 9.18. The van der Waals surface area contributed by atoms with Gasteiger partial charge in [0.1, 0.15) is 0 Å². The van der Waals surface area contributed by atoms with Gasteiger partial charge in [0, 0.05) is 24.1 Å². The van der Waals surface area contributed by atoms with Gasteiger partial charge in [-0.1, -0.05) is 24.6 Å². The molecule has 1 amide bonds. The van der Waals surface area contributed by atoms with Gasteiger partial charge >= 0.3 is 0 Å². The number of carbonyl (C=O) groups is 1. The molecule has 1 aromatic carbocycles. The SMILES string of the molecule is O=C1NCCCCC1CCc1ccccc1[N+](=O)[O-]. The van der Waals surface area contributed by atoms with Gasteiger partial charge < -0.3 is 5.32 Å². The summed E-state index contributed by atoms with van der Waals surface area (Å²) in [5.41, 5.74) is 0.862. The van der Waals surface area contributed by atoms with E-state index in [0.29, 0.717) is 18.4 Å². The van der Waals surface area contributed by atoms with Crippen molar-refractivity contribution in [3.63, 3.8) is 0 Å². The summed E-state index contributed by atoms with van der Waals surface area (Å²) < 4.78 is 0. The standard InChI is InChI=1S/C14H18N2O3/c17-14-12(6-3-4-10-15-14)9-8-11-5-1-2-7-13(11)16(18)19/h1-2,5,7,12H,3-4,6,8-10H2,(H,15,17). The van der Waals surface area contributed by atoms with Crippen LogP contribution in [0.4, 0.5) is 5.69 Å². The number of aryl methyl sites for hydroxylation is 1. The third-order valence-electron chi connectivity index (χ3n) is 3.60. The minimum Gasteiger partial charge on any atom is -0.356 e. The number of nitrogens with one attached hydrogen (secondary N) is 1. The lowest BCUT2D eigenvalue weighted by Gasteiger charge is -2.12. The second kappa shape index (κ2) is 6.31. The van der Waals surface area contributed by atoms with Crippen LogP contribution in [-0.2, 0) is 11.2 Å². The predicted molar refractivity (Wildman–Crippen MR) is 71.8 cm³/mol. The number of hydrogen-bond donors (Lipinski definition) is 1. The highest BCUT2D eigenvalue weighted by molar-refractivity contribution is 5.78. The molecular formula is C14H18N2O3. The Kier molecular flexibility index (Phi) is 4.49. The molecule has 1 saturated heterocycles. The molecule has 1 heterocycles. The highest BCUT2D eigenvalue weighted by atomic mass is 16.6. The summed E-state index contributed by atoms with van der Waals surface area (Å²) in [6.45, 7) is 0.751. The molecule has 0 aromatic heterocycles. The maximum atomic E-state index is 11.8. The van der Waals surface area contributed by atoms with Gasteiger partial charge in [0.05, 0.1) is 4.92 Å². The van der Waals surface area contributed by atoms with Gasteiger partial charge in [-0.15, -0.1) is 0 Å². The van der Waals surface area contributed by atoms with E-state index >= 15 is 0 Å². The lowest BCUT2D eigenvalue weighted by atomic mass is 9.94. The second-order valence-corrected chi connectivity index (χ2v) is 4.91. The molecule has 0 aliphatic carbocycles. The van der Waals surface area contributed by atoms with Crippen molar-refractivity contribution in [3.8, 4) is 0 Å². The monoisotopic (exact) mass is 262 g/mol. The van der Waals surface area contributed by atoms with Crippen LogP contribution in [0.25, 0.3) is 0 Å². The normalized spacial score (nSPS) is 19.6. The number of nitro groups is 1. The maximum absolute atomic E-state index is 11.8. The number of nitrogens with zero attached hydrogens (tertiary/aromatic N) is 1. The zero-order chi connectivity index (χ0) is 13.7. The van der Waals surface area contributed by atoms with Crippen molar-refractivity contribution < 1.29 is 9.72 Å². The molecule has 5 nitrogen and oxygen atoms in total. The summed E-state index contributed by atoms with van der Waals surface area (Å²) in [6.07, 6.45) is 4.20. The largest absolute Gasteiger partial charge is 0.356 e. The van der Waals surface area contributed by atoms with Crippen molar-refractivity contribution in [2.45, 2.75) is 32.1 Å². The Balaban J connectivity index is 2.01. The second-order valence-electron chi connectivity index (χ2n) is 4.91. The maximum Gasteiger partial charge on any atom is 0.272 e. The Labute approximate surface area is 112 Å². The molecule has 1 aromatic rings. The minimum absolute atomic E-state index is 0.0117. The summed E-state index contributed by atoms with van der Waals surface area (Å²) in [4.78, 5) is 22.4. The molecular weight excluding hydrogens is 244 g/mol. The molecule has 0 bridgehead atoms. The number of rotatable bonds is 4. The summed E-state index contributed by atoms with van der Waals surface area (Å²) >= 11 is 0. The number of nitro benzene ring substituents is 1. The first-order valence-corrected chi connectivity index (χ1v) is 6.68. The average molecular weight is 262 g/mol. The minimum atomic E-state index is -0.359. The van der Waals surface area contributed by atoms with Gasteiger partial charge in [-0.3, -0.25) is 14.9 Å². The summed E-state index contributed by atoms with van der Waals surface area (Å²) in [5, 5.41) is 13.8. The van der Waals surface area contributed by atoms with E-state index in [9.17, 15) is 14.9 Å². The van der Waals surface area contributed by atoms with Crippen molar-refractivity contribution in [1.82, 2.24) is 5.32 Å². The summed E-state index contributed by atoms with van der Waals surface area (Å²) in [5.74, 6) is 0.0818. The van der Waals surface area contributed by atoms with Gasteiger partial charge in [-0.2, -0.15) is 0 Å². The van der Waals surface area contributed by atoms with Gasteiger partial charge in [0.15, 0.2) is 0 Å². The third-order valence-corrected chi connectivity index (χ3v) is 3.60. The van der Waals surface area contributed by atoms with E-state index in [-0.39, 0.29) is 22.4 Å². The van der Waals surface area contributed by atoms with Gasteiger partial charge in [-0.05, 0) is 25.7 Å². The Morgan fingerprint density at radius 1 is 1.32 bits per heavy atom.